The zero-order valence-corrected chi connectivity index (χ0v) is 11.7. The van der Waals surface area contributed by atoms with Crippen LogP contribution in [0.15, 0.2) is 29.8 Å². The van der Waals surface area contributed by atoms with Gasteiger partial charge in [0, 0.05) is 5.92 Å². The van der Waals surface area contributed by atoms with Crippen molar-refractivity contribution >= 4 is 11.9 Å². The molecule has 2 aliphatic rings. The molecule has 0 radical (unpaired) electrons. The summed E-state index contributed by atoms with van der Waals surface area (Å²) in [7, 11) is 0. The summed E-state index contributed by atoms with van der Waals surface area (Å²) in [6, 6.07) is 8.41. The average molecular weight is 254 g/mol. The SMILES string of the molecule is Cc1cccc(/C=C2\CC[C@@H](C3CCCC3)C2=O)c1. The van der Waals surface area contributed by atoms with Gasteiger partial charge in [-0.05, 0) is 55.7 Å². The number of rotatable bonds is 2. The molecule has 3 rings (SSSR count). The van der Waals surface area contributed by atoms with E-state index in [1.54, 1.807) is 0 Å². The van der Waals surface area contributed by atoms with Crippen LogP contribution in [0.1, 0.15) is 49.7 Å². The monoisotopic (exact) mass is 254 g/mol. The Labute approximate surface area is 115 Å². The van der Waals surface area contributed by atoms with Crippen molar-refractivity contribution in [1.29, 1.82) is 0 Å². The van der Waals surface area contributed by atoms with Crippen LogP contribution in [0.4, 0.5) is 0 Å². The third kappa shape index (κ3) is 2.65. The van der Waals surface area contributed by atoms with Gasteiger partial charge in [0.25, 0.3) is 0 Å². The molecule has 0 spiro atoms. The Morgan fingerprint density at radius 1 is 1.16 bits per heavy atom. The number of allylic oxidation sites excluding steroid dienone is 1. The quantitative estimate of drug-likeness (QED) is 0.708. The second-order valence-electron chi connectivity index (χ2n) is 6.14. The lowest BCUT2D eigenvalue weighted by Gasteiger charge is -2.15. The lowest BCUT2D eigenvalue weighted by Crippen LogP contribution is -2.16. The molecule has 0 N–H and O–H groups in total. The van der Waals surface area contributed by atoms with Gasteiger partial charge < -0.3 is 0 Å². The van der Waals surface area contributed by atoms with Crippen molar-refractivity contribution in [3.8, 4) is 0 Å². The number of carbonyl (C=O) groups excluding carboxylic acids is 1. The molecule has 1 aromatic rings. The molecule has 19 heavy (non-hydrogen) atoms. The fourth-order valence-corrected chi connectivity index (χ4v) is 3.72. The molecule has 1 nitrogen and oxygen atoms in total. The van der Waals surface area contributed by atoms with E-state index in [1.807, 2.05) is 0 Å². The van der Waals surface area contributed by atoms with E-state index >= 15 is 0 Å². The van der Waals surface area contributed by atoms with Crippen LogP contribution >= 0.6 is 0 Å². The van der Waals surface area contributed by atoms with Crippen LogP contribution in [0.25, 0.3) is 6.08 Å². The largest absolute Gasteiger partial charge is 0.294 e. The maximum atomic E-state index is 12.5. The molecule has 0 aliphatic heterocycles. The summed E-state index contributed by atoms with van der Waals surface area (Å²) in [6.45, 7) is 2.10. The van der Waals surface area contributed by atoms with Crippen LogP contribution in [-0.4, -0.2) is 5.78 Å². The normalized spacial score (nSPS) is 26.5. The van der Waals surface area contributed by atoms with Crippen molar-refractivity contribution in [2.24, 2.45) is 11.8 Å². The first-order chi connectivity index (χ1) is 9.24. The molecule has 1 atom stereocenters. The molecular formula is C18H22O. The number of hydrogen-bond acceptors (Lipinski definition) is 1. The van der Waals surface area contributed by atoms with Crippen molar-refractivity contribution in [2.45, 2.75) is 45.4 Å². The summed E-state index contributed by atoms with van der Waals surface area (Å²) in [5, 5.41) is 0. The van der Waals surface area contributed by atoms with Gasteiger partial charge in [-0.1, -0.05) is 42.7 Å². The van der Waals surface area contributed by atoms with Gasteiger partial charge in [0.15, 0.2) is 5.78 Å². The first-order valence-electron chi connectivity index (χ1n) is 7.55. The summed E-state index contributed by atoms with van der Waals surface area (Å²) < 4.78 is 0. The van der Waals surface area contributed by atoms with E-state index in [4.69, 9.17) is 0 Å². The predicted molar refractivity (Wildman–Crippen MR) is 78.8 cm³/mol. The number of Topliss-reactive ketones (excluding diaryl/α,β-unsaturated/α-hetero) is 1. The summed E-state index contributed by atoms with van der Waals surface area (Å²) >= 11 is 0. The van der Waals surface area contributed by atoms with Gasteiger partial charge in [-0.2, -0.15) is 0 Å². The molecule has 2 saturated carbocycles. The molecule has 2 fully saturated rings. The highest BCUT2D eigenvalue weighted by Crippen LogP contribution is 2.40. The van der Waals surface area contributed by atoms with E-state index in [9.17, 15) is 4.79 Å². The molecule has 2 aliphatic carbocycles. The zero-order chi connectivity index (χ0) is 13.2. The second-order valence-corrected chi connectivity index (χ2v) is 6.14. The van der Waals surface area contributed by atoms with Crippen LogP contribution in [0, 0.1) is 18.8 Å². The molecule has 0 saturated heterocycles. The van der Waals surface area contributed by atoms with E-state index in [-0.39, 0.29) is 0 Å². The third-order valence-electron chi connectivity index (χ3n) is 4.73. The van der Waals surface area contributed by atoms with Gasteiger partial charge in [0.2, 0.25) is 0 Å². The number of hydrogen-bond donors (Lipinski definition) is 0. The van der Waals surface area contributed by atoms with E-state index in [2.05, 4.69) is 37.3 Å². The van der Waals surface area contributed by atoms with Crippen LogP contribution < -0.4 is 0 Å². The summed E-state index contributed by atoms with van der Waals surface area (Å²) in [5.41, 5.74) is 3.49. The van der Waals surface area contributed by atoms with Gasteiger partial charge in [-0.3, -0.25) is 4.79 Å². The first-order valence-corrected chi connectivity index (χ1v) is 7.55. The van der Waals surface area contributed by atoms with Crippen molar-refractivity contribution in [1.82, 2.24) is 0 Å². The lowest BCUT2D eigenvalue weighted by atomic mass is 9.88. The summed E-state index contributed by atoms with van der Waals surface area (Å²) in [6.07, 6.45) is 9.37. The Balaban J connectivity index is 1.77. The highest BCUT2D eigenvalue weighted by molar-refractivity contribution is 6.03. The molecule has 0 bridgehead atoms. The fraction of sp³-hybridized carbons (Fsp3) is 0.500. The predicted octanol–water partition coefficient (Wildman–Crippen LogP) is 4.55. The van der Waals surface area contributed by atoms with Gasteiger partial charge >= 0.3 is 0 Å². The number of ketones is 1. The molecule has 1 heteroatoms. The van der Waals surface area contributed by atoms with Gasteiger partial charge in [-0.25, -0.2) is 0 Å². The Kier molecular flexibility index (Phi) is 3.54. The summed E-state index contributed by atoms with van der Waals surface area (Å²) in [5.74, 6) is 1.45. The van der Waals surface area contributed by atoms with Gasteiger partial charge in [0.05, 0.1) is 0 Å². The van der Waals surface area contributed by atoms with Crippen molar-refractivity contribution in [3.63, 3.8) is 0 Å². The van der Waals surface area contributed by atoms with Crippen LogP contribution in [-0.2, 0) is 4.79 Å². The summed E-state index contributed by atoms with van der Waals surface area (Å²) in [4.78, 5) is 12.5. The number of aryl methyl sites for hydroxylation is 1. The second kappa shape index (κ2) is 5.32. The molecule has 100 valence electrons. The minimum Gasteiger partial charge on any atom is -0.294 e. The van der Waals surface area contributed by atoms with Crippen LogP contribution in [0.2, 0.25) is 0 Å². The van der Waals surface area contributed by atoms with Crippen LogP contribution in [0.5, 0.6) is 0 Å². The topological polar surface area (TPSA) is 17.1 Å². The Morgan fingerprint density at radius 3 is 2.68 bits per heavy atom. The minimum absolute atomic E-state index is 0.332. The number of carbonyl (C=O) groups is 1. The van der Waals surface area contributed by atoms with Gasteiger partial charge in [0.1, 0.15) is 0 Å². The third-order valence-corrected chi connectivity index (χ3v) is 4.73. The molecule has 1 aromatic carbocycles. The standard InChI is InChI=1S/C18H22O/c1-13-5-4-6-14(11-13)12-16-9-10-17(18(16)19)15-7-2-3-8-15/h4-6,11-12,15,17H,2-3,7-10H2,1H3/b16-12+/t17-/m0/s1. The Bertz CT molecular complexity index is 506. The molecular weight excluding hydrogens is 232 g/mol. The molecule has 0 unspecified atom stereocenters. The smallest absolute Gasteiger partial charge is 0.162 e. The Morgan fingerprint density at radius 2 is 1.95 bits per heavy atom. The van der Waals surface area contributed by atoms with E-state index < -0.39 is 0 Å². The minimum atomic E-state index is 0.332. The highest BCUT2D eigenvalue weighted by atomic mass is 16.1. The number of benzene rings is 1. The van der Waals surface area contributed by atoms with E-state index in [0.717, 1.165) is 18.4 Å². The highest BCUT2D eigenvalue weighted by Gasteiger charge is 2.36. The zero-order valence-electron chi connectivity index (χ0n) is 11.7. The lowest BCUT2D eigenvalue weighted by molar-refractivity contribution is -0.119. The van der Waals surface area contributed by atoms with E-state index in [0.29, 0.717) is 17.6 Å². The molecule has 0 heterocycles. The van der Waals surface area contributed by atoms with Crippen molar-refractivity contribution < 1.29 is 4.79 Å². The molecule has 0 aromatic heterocycles. The maximum absolute atomic E-state index is 12.5. The van der Waals surface area contributed by atoms with E-state index in [1.165, 1.54) is 36.8 Å². The van der Waals surface area contributed by atoms with Crippen molar-refractivity contribution in [3.05, 3.63) is 41.0 Å². The van der Waals surface area contributed by atoms with Crippen molar-refractivity contribution in [2.75, 3.05) is 0 Å². The van der Waals surface area contributed by atoms with Gasteiger partial charge in [-0.15, -0.1) is 0 Å². The fourth-order valence-electron chi connectivity index (χ4n) is 3.72. The molecule has 0 amide bonds. The average Bonchev–Trinajstić information content (AvgIpc) is 3.01. The Hall–Kier alpha value is -1.37. The maximum Gasteiger partial charge on any atom is 0.162 e. The van der Waals surface area contributed by atoms with Crippen LogP contribution in [0.3, 0.4) is 0 Å². The first kappa shape index (κ1) is 12.7.